The molecule has 1 aromatic heterocycles. The van der Waals surface area contributed by atoms with Gasteiger partial charge in [0.15, 0.2) is 5.16 Å². The number of anilines is 1. The van der Waals surface area contributed by atoms with E-state index in [4.69, 9.17) is 5.73 Å². The Kier molecular flexibility index (Phi) is 5.14. The Hall–Kier alpha value is -1.86. The van der Waals surface area contributed by atoms with Gasteiger partial charge in [0.05, 0.1) is 0 Å². The number of nitrogens with one attached hydrogen (secondary N) is 2. The molecule has 0 aliphatic carbocycles. The average molecular weight is 291 g/mol. The third kappa shape index (κ3) is 4.07. The van der Waals surface area contributed by atoms with E-state index >= 15 is 0 Å². The van der Waals surface area contributed by atoms with E-state index in [1.54, 1.807) is 0 Å². The molecular formula is C13H17N5OS. The molecule has 0 saturated carbocycles. The molecular weight excluding hydrogens is 274 g/mol. The van der Waals surface area contributed by atoms with Crippen LogP contribution in [0.3, 0.4) is 0 Å². The number of nitrogens with two attached hydrogens (primary N) is 1. The smallest absolute Gasteiger partial charge is 0.227 e. The molecule has 0 saturated heterocycles. The number of rotatable bonds is 6. The van der Waals surface area contributed by atoms with Gasteiger partial charge in [0.1, 0.15) is 6.33 Å². The van der Waals surface area contributed by atoms with E-state index in [0.29, 0.717) is 13.0 Å². The van der Waals surface area contributed by atoms with Crippen molar-refractivity contribution in [1.29, 1.82) is 0 Å². The van der Waals surface area contributed by atoms with Gasteiger partial charge in [-0.2, -0.15) is 5.10 Å². The van der Waals surface area contributed by atoms with E-state index in [1.165, 1.54) is 18.1 Å². The Morgan fingerprint density at radius 2 is 2.20 bits per heavy atom. The van der Waals surface area contributed by atoms with Crippen LogP contribution < -0.4 is 11.1 Å². The number of hydrogen-bond acceptors (Lipinski definition) is 5. The van der Waals surface area contributed by atoms with Gasteiger partial charge in [0, 0.05) is 16.5 Å². The van der Waals surface area contributed by atoms with Crippen molar-refractivity contribution < 1.29 is 4.79 Å². The second kappa shape index (κ2) is 7.06. The number of benzene rings is 1. The molecule has 20 heavy (non-hydrogen) atoms. The van der Waals surface area contributed by atoms with Crippen LogP contribution in [-0.2, 0) is 4.79 Å². The highest BCUT2D eigenvalue weighted by Crippen LogP contribution is 2.25. The molecule has 1 atom stereocenters. The van der Waals surface area contributed by atoms with E-state index in [-0.39, 0.29) is 11.8 Å². The number of carbonyl (C=O) groups excluding carboxylic acids is 1. The lowest BCUT2D eigenvalue weighted by molar-refractivity contribution is -0.119. The lowest BCUT2D eigenvalue weighted by Crippen LogP contribution is -2.22. The minimum atomic E-state index is -0.0803. The van der Waals surface area contributed by atoms with Gasteiger partial charge in [-0.05, 0) is 37.2 Å². The van der Waals surface area contributed by atoms with Crippen molar-refractivity contribution >= 4 is 23.4 Å². The van der Waals surface area contributed by atoms with Gasteiger partial charge in [-0.1, -0.05) is 18.7 Å². The van der Waals surface area contributed by atoms with Crippen molar-refractivity contribution in [3.8, 4) is 0 Å². The quantitative estimate of drug-likeness (QED) is 0.755. The van der Waals surface area contributed by atoms with Gasteiger partial charge >= 0.3 is 0 Å². The topological polar surface area (TPSA) is 96.7 Å². The van der Waals surface area contributed by atoms with Crippen LogP contribution in [0.4, 0.5) is 5.69 Å². The van der Waals surface area contributed by atoms with Crippen molar-refractivity contribution in [3.63, 3.8) is 0 Å². The molecule has 0 radical (unpaired) electrons. The number of hydrogen-bond donors (Lipinski definition) is 3. The Bertz CT molecular complexity index is 540. The van der Waals surface area contributed by atoms with Gasteiger partial charge in [0.25, 0.3) is 0 Å². The van der Waals surface area contributed by atoms with Crippen molar-refractivity contribution in [2.45, 2.75) is 23.4 Å². The molecule has 2 rings (SSSR count). The van der Waals surface area contributed by atoms with E-state index in [1.807, 2.05) is 31.2 Å². The highest BCUT2D eigenvalue weighted by Gasteiger charge is 2.11. The summed E-state index contributed by atoms with van der Waals surface area (Å²) in [5, 5.41) is 10.2. The molecule has 0 aliphatic rings. The molecule has 7 heteroatoms. The van der Waals surface area contributed by atoms with Crippen LogP contribution in [0, 0.1) is 5.92 Å². The lowest BCUT2D eigenvalue weighted by atomic mass is 10.1. The van der Waals surface area contributed by atoms with Gasteiger partial charge in [-0.3, -0.25) is 9.89 Å². The zero-order valence-corrected chi connectivity index (χ0v) is 12.0. The predicted molar refractivity (Wildman–Crippen MR) is 78.4 cm³/mol. The Morgan fingerprint density at radius 1 is 1.45 bits per heavy atom. The van der Waals surface area contributed by atoms with Crippen molar-refractivity contribution in [1.82, 2.24) is 15.2 Å². The highest BCUT2D eigenvalue weighted by atomic mass is 32.2. The number of nitrogens with zero attached hydrogens (tertiary/aromatic N) is 2. The summed E-state index contributed by atoms with van der Waals surface area (Å²) < 4.78 is 0. The average Bonchev–Trinajstić information content (AvgIpc) is 2.94. The Balaban J connectivity index is 1.93. The van der Waals surface area contributed by atoms with Crippen LogP contribution in [-0.4, -0.2) is 27.6 Å². The maximum Gasteiger partial charge on any atom is 0.227 e. The zero-order chi connectivity index (χ0) is 14.4. The standard InChI is InChI=1S/C13H17N5OS/c1-9(6-7-14)12(19)17-10-2-4-11(5-3-10)20-13-15-8-16-18-13/h2-5,8-9H,6-7,14H2,1H3,(H,17,19)(H,15,16,18). The number of aromatic amines is 1. The summed E-state index contributed by atoms with van der Waals surface area (Å²) in [4.78, 5) is 16.9. The van der Waals surface area contributed by atoms with Crippen LogP contribution in [0.1, 0.15) is 13.3 Å². The van der Waals surface area contributed by atoms with E-state index in [2.05, 4.69) is 20.5 Å². The summed E-state index contributed by atoms with van der Waals surface area (Å²) in [5.74, 6) is -0.0886. The van der Waals surface area contributed by atoms with Gasteiger partial charge in [-0.15, -0.1) is 0 Å². The number of carbonyl (C=O) groups is 1. The molecule has 6 nitrogen and oxygen atoms in total. The molecule has 106 valence electrons. The first-order chi connectivity index (χ1) is 9.69. The molecule has 1 aromatic carbocycles. The highest BCUT2D eigenvalue weighted by molar-refractivity contribution is 7.99. The van der Waals surface area contributed by atoms with E-state index in [9.17, 15) is 4.79 Å². The number of aromatic nitrogens is 3. The molecule has 0 aliphatic heterocycles. The second-order valence-corrected chi connectivity index (χ2v) is 5.45. The summed E-state index contributed by atoms with van der Waals surface area (Å²) in [6.45, 7) is 2.39. The number of H-pyrrole nitrogens is 1. The fraction of sp³-hybridized carbons (Fsp3) is 0.308. The summed E-state index contributed by atoms with van der Waals surface area (Å²) >= 11 is 1.48. The van der Waals surface area contributed by atoms with Crippen molar-refractivity contribution in [3.05, 3.63) is 30.6 Å². The molecule has 1 amide bonds. The largest absolute Gasteiger partial charge is 0.330 e. The second-order valence-electron chi connectivity index (χ2n) is 4.38. The molecule has 0 spiro atoms. The molecule has 0 fully saturated rings. The molecule has 0 bridgehead atoms. The van der Waals surface area contributed by atoms with Crippen molar-refractivity contribution in [2.24, 2.45) is 11.7 Å². The minimum absolute atomic E-state index is 0.00825. The summed E-state index contributed by atoms with van der Waals surface area (Å²) in [7, 11) is 0. The summed E-state index contributed by atoms with van der Waals surface area (Å²) in [6.07, 6.45) is 2.15. The lowest BCUT2D eigenvalue weighted by Gasteiger charge is -2.11. The SMILES string of the molecule is CC(CCN)C(=O)Nc1ccc(Sc2ncn[nH]2)cc1. The first-order valence-corrected chi connectivity index (χ1v) is 7.15. The van der Waals surface area contributed by atoms with Crippen LogP contribution in [0.2, 0.25) is 0 Å². The van der Waals surface area contributed by atoms with Gasteiger partial charge < -0.3 is 11.1 Å². The third-order valence-electron chi connectivity index (χ3n) is 2.78. The van der Waals surface area contributed by atoms with Crippen LogP contribution >= 0.6 is 11.8 Å². The van der Waals surface area contributed by atoms with Crippen LogP contribution in [0.25, 0.3) is 0 Å². The molecule has 2 aromatic rings. The summed E-state index contributed by atoms with van der Waals surface area (Å²) in [6, 6.07) is 7.59. The van der Waals surface area contributed by atoms with E-state index in [0.717, 1.165) is 15.7 Å². The zero-order valence-electron chi connectivity index (χ0n) is 11.2. The normalized spacial score (nSPS) is 12.1. The first kappa shape index (κ1) is 14.5. The van der Waals surface area contributed by atoms with Crippen molar-refractivity contribution in [2.75, 3.05) is 11.9 Å². The first-order valence-electron chi connectivity index (χ1n) is 6.33. The predicted octanol–water partition coefficient (Wildman–Crippen LogP) is 1.88. The summed E-state index contributed by atoms with van der Waals surface area (Å²) in [5.41, 5.74) is 6.23. The van der Waals surface area contributed by atoms with Gasteiger partial charge in [-0.25, -0.2) is 4.98 Å². The molecule has 1 unspecified atom stereocenters. The van der Waals surface area contributed by atoms with Crippen LogP contribution in [0.5, 0.6) is 0 Å². The Morgan fingerprint density at radius 3 is 2.80 bits per heavy atom. The maximum absolute atomic E-state index is 11.8. The van der Waals surface area contributed by atoms with E-state index < -0.39 is 0 Å². The monoisotopic (exact) mass is 291 g/mol. The van der Waals surface area contributed by atoms with Gasteiger partial charge in [0.2, 0.25) is 5.91 Å². The maximum atomic E-state index is 11.8. The Labute approximate surface area is 121 Å². The fourth-order valence-corrected chi connectivity index (χ4v) is 2.30. The molecule has 4 N–H and O–H groups in total. The molecule has 1 heterocycles. The van der Waals surface area contributed by atoms with Crippen LogP contribution in [0.15, 0.2) is 40.6 Å². The minimum Gasteiger partial charge on any atom is -0.330 e. The number of amides is 1. The fourth-order valence-electron chi connectivity index (χ4n) is 1.61. The third-order valence-corrected chi connectivity index (χ3v) is 3.67.